The standard InChI is InChI=1S/C21H25N3O3/c1-15(17-8-6-16(7-9-17)12-20(25)26)14-23-10-3-11-24-19-5-2-4-18(13-22)21(19)27/h2,4-9,15,23-24,27H,3,10-12,14H2,1H3,(H,25,26). The van der Waals surface area contributed by atoms with E-state index < -0.39 is 5.97 Å². The van der Waals surface area contributed by atoms with E-state index in [1.807, 2.05) is 30.3 Å². The molecule has 0 saturated heterocycles. The zero-order valence-corrected chi connectivity index (χ0v) is 15.4. The van der Waals surface area contributed by atoms with E-state index in [0.717, 1.165) is 25.1 Å². The van der Waals surface area contributed by atoms with Crippen LogP contribution in [0, 0.1) is 11.3 Å². The van der Waals surface area contributed by atoms with E-state index in [1.54, 1.807) is 18.2 Å². The maximum atomic E-state index is 10.7. The van der Waals surface area contributed by atoms with Gasteiger partial charge in [0, 0.05) is 13.1 Å². The first-order valence-electron chi connectivity index (χ1n) is 8.98. The largest absolute Gasteiger partial charge is 0.504 e. The van der Waals surface area contributed by atoms with Gasteiger partial charge >= 0.3 is 5.97 Å². The van der Waals surface area contributed by atoms with Gasteiger partial charge in [-0.15, -0.1) is 0 Å². The number of nitriles is 1. The smallest absolute Gasteiger partial charge is 0.307 e. The van der Waals surface area contributed by atoms with E-state index in [4.69, 9.17) is 10.4 Å². The normalized spacial score (nSPS) is 11.6. The highest BCUT2D eigenvalue weighted by Gasteiger charge is 2.07. The highest BCUT2D eigenvalue weighted by molar-refractivity contribution is 5.70. The van der Waals surface area contributed by atoms with Crippen LogP contribution in [0.25, 0.3) is 0 Å². The first-order chi connectivity index (χ1) is 13.0. The number of hydrogen-bond donors (Lipinski definition) is 4. The summed E-state index contributed by atoms with van der Waals surface area (Å²) in [5.74, 6) is -0.500. The molecule has 0 amide bonds. The maximum Gasteiger partial charge on any atom is 0.307 e. The van der Waals surface area contributed by atoms with Crippen molar-refractivity contribution in [1.29, 1.82) is 5.26 Å². The molecule has 0 spiro atoms. The van der Waals surface area contributed by atoms with E-state index >= 15 is 0 Å². The number of aromatic hydroxyl groups is 1. The van der Waals surface area contributed by atoms with Gasteiger partial charge in [0.25, 0.3) is 0 Å². The minimum Gasteiger partial charge on any atom is -0.504 e. The Kier molecular flexibility index (Phi) is 7.65. The molecule has 0 aliphatic heterocycles. The fraction of sp³-hybridized carbons (Fsp3) is 0.333. The van der Waals surface area contributed by atoms with Gasteiger partial charge in [0.2, 0.25) is 0 Å². The van der Waals surface area contributed by atoms with Crippen LogP contribution in [0.1, 0.15) is 36.0 Å². The molecular weight excluding hydrogens is 342 g/mol. The number of benzene rings is 2. The van der Waals surface area contributed by atoms with Crippen molar-refractivity contribution in [3.05, 3.63) is 59.2 Å². The molecule has 6 nitrogen and oxygen atoms in total. The Hall–Kier alpha value is -3.04. The number of anilines is 1. The topological polar surface area (TPSA) is 105 Å². The quantitative estimate of drug-likeness (QED) is 0.380. The van der Waals surface area contributed by atoms with Crippen molar-refractivity contribution in [3.8, 4) is 11.8 Å². The first kappa shape index (κ1) is 20.3. The molecule has 0 saturated carbocycles. The van der Waals surface area contributed by atoms with Gasteiger partial charge in [-0.25, -0.2) is 0 Å². The molecule has 2 aromatic carbocycles. The maximum absolute atomic E-state index is 10.7. The molecule has 0 heterocycles. The van der Waals surface area contributed by atoms with E-state index in [2.05, 4.69) is 17.6 Å². The van der Waals surface area contributed by atoms with Crippen molar-refractivity contribution in [3.63, 3.8) is 0 Å². The summed E-state index contributed by atoms with van der Waals surface area (Å²) in [6.07, 6.45) is 0.924. The van der Waals surface area contributed by atoms with Crippen LogP contribution in [0.5, 0.6) is 5.75 Å². The molecule has 1 unspecified atom stereocenters. The number of carboxylic acids is 1. The molecule has 6 heteroatoms. The summed E-state index contributed by atoms with van der Waals surface area (Å²) in [7, 11) is 0. The van der Waals surface area contributed by atoms with Crippen molar-refractivity contribution >= 4 is 11.7 Å². The Labute approximate surface area is 159 Å². The molecule has 0 aliphatic carbocycles. The molecule has 0 aliphatic rings. The molecule has 2 aromatic rings. The molecule has 0 fully saturated rings. The Morgan fingerprint density at radius 3 is 2.59 bits per heavy atom. The van der Waals surface area contributed by atoms with E-state index in [1.165, 1.54) is 5.56 Å². The second-order valence-electron chi connectivity index (χ2n) is 6.51. The molecule has 0 aromatic heterocycles. The molecule has 0 radical (unpaired) electrons. The molecule has 142 valence electrons. The van der Waals surface area contributed by atoms with Crippen LogP contribution in [-0.2, 0) is 11.2 Å². The number of carboxylic acid groups (broad SMARTS) is 1. The average molecular weight is 367 g/mol. The Bertz CT molecular complexity index is 797. The van der Waals surface area contributed by atoms with Gasteiger partial charge in [-0.05, 0) is 42.1 Å². The third-order valence-corrected chi connectivity index (χ3v) is 4.36. The molecular formula is C21H25N3O3. The van der Waals surface area contributed by atoms with Crippen LogP contribution >= 0.6 is 0 Å². The molecule has 0 bridgehead atoms. The number of carbonyl (C=O) groups is 1. The average Bonchev–Trinajstić information content (AvgIpc) is 2.65. The van der Waals surface area contributed by atoms with Crippen LogP contribution < -0.4 is 10.6 Å². The second-order valence-corrected chi connectivity index (χ2v) is 6.51. The lowest BCUT2D eigenvalue weighted by atomic mass is 9.99. The lowest BCUT2D eigenvalue weighted by Crippen LogP contribution is -2.23. The fourth-order valence-electron chi connectivity index (χ4n) is 2.79. The van der Waals surface area contributed by atoms with Crippen LogP contribution in [0.2, 0.25) is 0 Å². The summed E-state index contributed by atoms with van der Waals surface area (Å²) in [5, 5.41) is 34.2. The highest BCUT2D eigenvalue weighted by Crippen LogP contribution is 2.26. The summed E-state index contributed by atoms with van der Waals surface area (Å²) in [4.78, 5) is 10.7. The number of para-hydroxylation sites is 1. The lowest BCUT2D eigenvalue weighted by Gasteiger charge is -2.14. The predicted octanol–water partition coefficient (Wildman–Crippen LogP) is 3.09. The SMILES string of the molecule is CC(CNCCCNc1cccc(C#N)c1O)c1ccc(CC(=O)O)cc1. The van der Waals surface area contributed by atoms with Crippen molar-refractivity contribution in [2.75, 3.05) is 25.0 Å². The van der Waals surface area contributed by atoms with E-state index in [-0.39, 0.29) is 17.7 Å². The summed E-state index contributed by atoms with van der Waals surface area (Å²) < 4.78 is 0. The van der Waals surface area contributed by atoms with Gasteiger partial charge in [-0.3, -0.25) is 4.79 Å². The predicted molar refractivity (Wildman–Crippen MR) is 105 cm³/mol. The summed E-state index contributed by atoms with van der Waals surface area (Å²) in [6, 6.07) is 14.7. The van der Waals surface area contributed by atoms with Gasteiger partial charge in [-0.1, -0.05) is 37.3 Å². The number of hydrogen-bond acceptors (Lipinski definition) is 5. The minimum absolute atomic E-state index is 0.00655. The molecule has 2 rings (SSSR count). The van der Waals surface area contributed by atoms with Crippen molar-refractivity contribution in [1.82, 2.24) is 5.32 Å². The number of phenolic OH excluding ortho intramolecular Hbond substituents is 1. The zero-order valence-electron chi connectivity index (χ0n) is 15.4. The minimum atomic E-state index is -0.821. The van der Waals surface area contributed by atoms with Gasteiger partial charge in [0.1, 0.15) is 6.07 Å². The van der Waals surface area contributed by atoms with Crippen molar-refractivity contribution in [2.24, 2.45) is 0 Å². The molecule has 1 atom stereocenters. The second kappa shape index (κ2) is 10.2. The third kappa shape index (κ3) is 6.32. The zero-order chi connectivity index (χ0) is 19.6. The van der Waals surface area contributed by atoms with Crippen LogP contribution in [0.4, 0.5) is 5.69 Å². The van der Waals surface area contributed by atoms with Crippen molar-refractivity contribution in [2.45, 2.75) is 25.7 Å². The third-order valence-electron chi connectivity index (χ3n) is 4.36. The van der Waals surface area contributed by atoms with Crippen LogP contribution in [0.3, 0.4) is 0 Å². The summed E-state index contributed by atoms with van der Waals surface area (Å²) in [5.41, 5.74) is 2.82. The lowest BCUT2D eigenvalue weighted by molar-refractivity contribution is -0.136. The molecule has 4 N–H and O–H groups in total. The Morgan fingerprint density at radius 2 is 1.93 bits per heavy atom. The number of rotatable bonds is 10. The van der Waals surface area contributed by atoms with Crippen LogP contribution in [-0.4, -0.2) is 35.8 Å². The van der Waals surface area contributed by atoms with Gasteiger partial charge < -0.3 is 20.8 Å². The van der Waals surface area contributed by atoms with E-state index in [9.17, 15) is 9.90 Å². The Balaban J connectivity index is 1.68. The van der Waals surface area contributed by atoms with Gasteiger partial charge in [-0.2, -0.15) is 5.26 Å². The monoisotopic (exact) mass is 367 g/mol. The summed E-state index contributed by atoms with van der Waals surface area (Å²) in [6.45, 7) is 4.47. The Morgan fingerprint density at radius 1 is 1.19 bits per heavy atom. The summed E-state index contributed by atoms with van der Waals surface area (Å²) >= 11 is 0. The number of nitrogens with zero attached hydrogens (tertiary/aromatic N) is 1. The highest BCUT2D eigenvalue weighted by atomic mass is 16.4. The number of aliphatic carboxylic acids is 1. The number of nitrogens with one attached hydrogen (secondary N) is 2. The van der Waals surface area contributed by atoms with Crippen molar-refractivity contribution < 1.29 is 15.0 Å². The number of phenols is 1. The first-order valence-corrected chi connectivity index (χ1v) is 8.98. The van der Waals surface area contributed by atoms with Gasteiger partial charge in [0.05, 0.1) is 17.7 Å². The van der Waals surface area contributed by atoms with Gasteiger partial charge in [0.15, 0.2) is 5.75 Å². The molecule has 27 heavy (non-hydrogen) atoms. The van der Waals surface area contributed by atoms with E-state index in [0.29, 0.717) is 18.2 Å². The fourth-order valence-corrected chi connectivity index (χ4v) is 2.79. The van der Waals surface area contributed by atoms with Crippen LogP contribution in [0.15, 0.2) is 42.5 Å².